The van der Waals surface area contributed by atoms with E-state index in [1.807, 2.05) is 0 Å². The number of rotatable bonds is 6. The van der Waals surface area contributed by atoms with Crippen LogP contribution in [0.5, 0.6) is 11.5 Å². The number of halogens is 1. The van der Waals surface area contributed by atoms with Crippen LogP contribution in [0.3, 0.4) is 0 Å². The Kier molecular flexibility index (Phi) is 5.74. The first-order chi connectivity index (χ1) is 8.62. The minimum atomic E-state index is -0.487. The monoisotopic (exact) mass is 273 g/mol. The molecule has 0 aliphatic rings. The molecule has 0 aliphatic carbocycles. The zero-order valence-electron chi connectivity index (χ0n) is 10.4. The lowest BCUT2D eigenvalue weighted by atomic mass is 10.1. The maximum Gasteiger partial charge on any atom is 0.343 e. The van der Waals surface area contributed by atoms with Gasteiger partial charge in [0, 0.05) is 0 Å². The smallest absolute Gasteiger partial charge is 0.343 e. The molecule has 0 saturated carbocycles. The molecule has 1 rings (SSSR count). The second-order valence-electron chi connectivity index (χ2n) is 3.51. The topological polar surface area (TPSA) is 70.8 Å². The van der Waals surface area contributed by atoms with Crippen LogP contribution < -0.4 is 15.2 Å². The molecule has 100 valence electrons. The molecule has 0 heterocycles. The molecule has 0 aliphatic heterocycles. The molecule has 0 bridgehead atoms. The zero-order valence-corrected chi connectivity index (χ0v) is 11.1. The first-order valence-corrected chi connectivity index (χ1v) is 5.76. The largest absolute Gasteiger partial charge is 0.493 e. The van der Waals surface area contributed by atoms with Crippen LogP contribution in [0.15, 0.2) is 12.1 Å². The Hall–Kier alpha value is -1.46. The predicted molar refractivity (Wildman–Crippen MR) is 68.3 cm³/mol. The van der Waals surface area contributed by atoms with Gasteiger partial charge in [-0.05, 0) is 30.7 Å². The van der Waals surface area contributed by atoms with Gasteiger partial charge in [0.1, 0.15) is 0 Å². The summed E-state index contributed by atoms with van der Waals surface area (Å²) in [5.41, 5.74) is 6.43. The van der Waals surface area contributed by atoms with Gasteiger partial charge in [0.2, 0.25) is 0 Å². The van der Waals surface area contributed by atoms with Crippen molar-refractivity contribution in [2.45, 2.75) is 6.42 Å². The van der Waals surface area contributed by atoms with E-state index in [0.29, 0.717) is 29.5 Å². The minimum absolute atomic E-state index is 0.219. The molecule has 0 fully saturated rings. The number of nitrogens with two attached hydrogens (primary N) is 1. The summed E-state index contributed by atoms with van der Waals surface area (Å²) in [7, 11) is 2.79. The fourth-order valence-corrected chi connectivity index (χ4v) is 1.70. The number of carbonyl (C=O) groups excluding carboxylic acids is 1. The van der Waals surface area contributed by atoms with Crippen LogP contribution in [0.1, 0.15) is 5.56 Å². The zero-order chi connectivity index (χ0) is 13.5. The lowest BCUT2D eigenvalue weighted by Gasteiger charge is -2.13. The first-order valence-electron chi connectivity index (χ1n) is 5.38. The van der Waals surface area contributed by atoms with Crippen LogP contribution in [0.25, 0.3) is 0 Å². The molecule has 0 saturated heterocycles. The van der Waals surface area contributed by atoms with Gasteiger partial charge < -0.3 is 19.9 Å². The molecule has 1 aromatic carbocycles. The quantitative estimate of drug-likeness (QED) is 0.794. The molecule has 0 amide bonds. The molecular formula is C12H16ClNO4. The standard InChI is InChI=1S/C12H16ClNO4/c1-16-10-6-8(3-4-14)5-9(13)12(10)18-7-11(15)17-2/h5-6H,3-4,7,14H2,1-2H3. The van der Waals surface area contributed by atoms with Crippen LogP contribution in [0, 0.1) is 0 Å². The third kappa shape index (κ3) is 3.78. The number of hydrogen-bond acceptors (Lipinski definition) is 5. The molecule has 0 unspecified atom stereocenters. The summed E-state index contributed by atoms with van der Waals surface area (Å²) in [4.78, 5) is 11.0. The van der Waals surface area contributed by atoms with E-state index in [-0.39, 0.29) is 6.61 Å². The van der Waals surface area contributed by atoms with Gasteiger partial charge >= 0.3 is 5.97 Å². The Bertz CT molecular complexity index is 423. The summed E-state index contributed by atoms with van der Waals surface area (Å²) in [5, 5.41) is 0.377. The van der Waals surface area contributed by atoms with Gasteiger partial charge in [0.15, 0.2) is 18.1 Å². The van der Waals surface area contributed by atoms with Gasteiger partial charge in [-0.3, -0.25) is 0 Å². The number of esters is 1. The van der Waals surface area contributed by atoms with Crippen LogP contribution in [-0.4, -0.2) is 33.3 Å². The van der Waals surface area contributed by atoms with Gasteiger partial charge in [0.25, 0.3) is 0 Å². The summed E-state index contributed by atoms with van der Waals surface area (Å²) in [6, 6.07) is 3.52. The summed E-state index contributed by atoms with van der Waals surface area (Å²) in [6.45, 7) is 0.296. The molecule has 2 N–H and O–H groups in total. The Morgan fingerprint density at radius 1 is 1.39 bits per heavy atom. The average Bonchev–Trinajstić information content (AvgIpc) is 2.36. The Labute approximate surface area is 111 Å². The number of methoxy groups -OCH3 is 2. The molecular weight excluding hydrogens is 258 g/mol. The fraction of sp³-hybridized carbons (Fsp3) is 0.417. The molecule has 0 aromatic heterocycles. The van der Waals surface area contributed by atoms with E-state index in [0.717, 1.165) is 5.56 Å². The number of benzene rings is 1. The van der Waals surface area contributed by atoms with Crippen LogP contribution >= 0.6 is 11.6 Å². The highest BCUT2D eigenvalue weighted by Crippen LogP contribution is 2.36. The molecule has 0 atom stereocenters. The third-order valence-corrected chi connectivity index (χ3v) is 2.57. The summed E-state index contributed by atoms with van der Waals surface area (Å²) < 4.78 is 14.9. The lowest BCUT2D eigenvalue weighted by Crippen LogP contribution is -2.13. The highest BCUT2D eigenvalue weighted by molar-refractivity contribution is 6.32. The van der Waals surface area contributed by atoms with Gasteiger partial charge in [-0.2, -0.15) is 0 Å². The molecule has 18 heavy (non-hydrogen) atoms. The highest BCUT2D eigenvalue weighted by Gasteiger charge is 2.13. The van der Waals surface area contributed by atoms with Gasteiger partial charge in [-0.1, -0.05) is 11.6 Å². The molecule has 6 heteroatoms. The number of hydrogen-bond donors (Lipinski definition) is 1. The number of carbonyl (C=O) groups is 1. The van der Waals surface area contributed by atoms with E-state index in [1.54, 1.807) is 12.1 Å². The van der Waals surface area contributed by atoms with E-state index in [1.165, 1.54) is 14.2 Å². The second-order valence-corrected chi connectivity index (χ2v) is 3.92. The van der Waals surface area contributed by atoms with Crippen molar-refractivity contribution in [1.29, 1.82) is 0 Å². The van der Waals surface area contributed by atoms with Crippen molar-refractivity contribution < 1.29 is 19.0 Å². The fourth-order valence-electron chi connectivity index (χ4n) is 1.41. The van der Waals surface area contributed by atoms with Crippen LogP contribution in [0.4, 0.5) is 0 Å². The Balaban J connectivity index is 2.92. The lowest BCUT2D eigenvalue weighted by molar-refractivity contribution is -0.142. The first kappa shape index (κ1) is 14.6. The van der Waals surface area contributed by atoms with Crippen molar-refractivity contribution in [3.8, 4) is 11.5 Å². The van der Waals surface area contributed by atoms with E-state index >= 15 is 0 Å². The maximum atomic E-state index is 11.0. The Morgan fingerprint density at radius 2 is 2.11 bits per heavy atom. The van der Waals surface area contributed by atoms with Gasteiger partial charge in [-0.15, -0.1) is 0 Å². The van der Waals surface area contributed by atoms with E-state index in [4.69, 9.17) is 26.8 Å². The SMILES string of the molecule is COC(=O)COc1c(Cl)cc(CCN)cc1OC. The van der Waals surface area contributed by atoms with Crippen molar-refractivity contribution in [1.82, 2.24) is 0 Å². The molecule has 0 radical (unpaired) electrons. The van der Waals surface area contributed by atoms with Gasteiger partial charge in [0.05, 0.1) is 19.2 Å². The summed E-state index contributed by atoms with van der Waals surface area (Å²) in [6.07, 6.45) is 0.688. The predicted octanol–water partition coefficient (Wildman–Crippen LogP) is 1.40. The number of ether oxygens (including phenoxy) is 3. The summed E-state index contributed by atoms with van der Waals surface area (Å²) in [5.74, 6) is 0.305. The van der Waals surface area contributed by atoms with E-state index < -0.39 is 5.97 Å². The normalized spacial score (nSPS) is 10.0. The molecule has 5 nitrogen and oxygen atoms in total. The van der Waals surface area contributed by atoms with E-state index in [2.05, 4.69) is 4.74 Å². The molecule has 1 aromatic rings. The van der Waals surface area contributed by atoms with Crippen molar-refractivity contribution in [2.24, 2.45) is 5.73 Å². The van der Waals surface area contributed by atoms with Gasteiger partial charge in [-0.25, -0.2) is 4.79 Å². The third-order valence-electron chi connectivity index (χ3n) is 2.28. The Morgan fingerprint density at radius 3 is 2.67 bits per heavy atom. The maximum absolute atomic E-state index is 11.0. The highest BCUT2D eigenvalue weighted by atomic mass is 35.5. The van der Waals surface area contributed by atoms with Crippen LogP contribution in [0.2, 0.25) is 5.02 Å². The van der Waals surface area contributed by atoms with Crippen molar-refractivity contribution in [3.05, 3.63) is 22.7 Å². The average molecular weight is 274 g/mol. The van der Waals surface area contributed by atoms with Crippen LogP contribution in [-0.2, 0) is 16.0 Å². The van der Waals surface area contributed by atoms with Crippen molar-refractivity contribution in [3.63, 3.8) is 0 Å². The minimum Gasteiger partial charge on any atom is -0.493 e. The summed E-state index contributed by atoms with van der Waals surface area (Å²) >= 11 is 6.08. The van der Waals surface area contributed by atoms with Crippen molar-refractivity contribution >= 4 is 17.6 Å². The molecule has 0 spiro atoms. The van der Waals surface area contributed by atoms with E-state index in [9.17, 15) is 4.79 Å². The second kappa shape index (κ2) is 7.08. The van der Waals surface area contributed by atoms with Crippen molar-refractivity contribution in [2.75, 3.05) is 27.4 Å².